The number of hydrogen-bond acceptors (Lipinski definition) is 4. The van der Waals surface area contributed by atoms with Crippen LogP contribution in [0.3, 0.4) is 0 Å². The third-order valence-corrected chi connectivity index (χ3v) is 6.99. The van der Waals surface area contributed by atoms with Crippen molar-refractivity contribution in [2.45, 2.75) is 17.7 Å². The lowest BCUT2D eigenvalue weighted by Gasteiger charge is -2.32. The van der Waals surface area contributed by atoms with Crippen LogP contribution in [0.25, 0.3) is 0 Å². The highest BCUT2D eigenvalue weighted by Gasteiger charge is 2.30. The predicted molar refractivity (Wildman–Crippen MR) is 93.0 cm³/mol. The second-order valence-electron chi connectivity index (χ2n) is 6.19. The van der Waals surface area contributed by atoms with Crippen molar-refractivity contribution >= 4 is 33.9 Å². The van der Waals surface area contributed by atoms with Gasteiger partial charge in [0.25, 0.3) is 5.91 Å². The Morgan fingerprint density at radius 3 is 2.28 bits per heavy atom. The molecule has 1 aromatic carbocycles. The molecule has 25 heavy (non-hydrogen) atoms. The van der Waals surface area contributed by atoms with Crippen LogP contribution < -0.4 is 0 Å². The molecule has 0 bridgehead atoms. The van der Waals surface area contributed by atoms with Crippen LogP contribution in [0, 0.1) is 0 Å². The molecule has 0 aromatic heterocycles. The number of hydrogen-bond donors (Lipinski definition) is 0. The molecule has 1 aromatic rings. The number of nitrogens with zero attached hydrogens (tertiary/aromatic N) is 3. The van der Waals surface area contributed by atoms with Gasteiger partial charge in [-0.1, -0.05) is 11.6 Å². The number of halogens is 1. The van der Waals surface area contributed by atoms with Gasteiger partial charge in [-0.05, 0) is 31.0 Å². The number of piperazine rings is 1. The summed E-state index contributed by atoms with van der Waals surface area (Å²) in [6.45, 7) is 2.75. The molecule has 7 nitrogen and oxygen atoms in total. The highest BCUT2D eigenvalue weighted by Crippen LogP contribution is 2.28. The number of sulfonamides is 1. The van der Waals surface area contributed by atoms with E-state index in [0.29, 0.717) is 44.8 Å². The van der Waals surface area contributed by atoms with Crippen LogP contribution in [0.2, 0.25) is 5.02 Å². The van der Waals surface area contributed by atoms with E-state index in [1.54, 1.807) is 15.9 Å². The smallest absolute Gasteiger partial charge is 0.254 e. The van der Waals surface area contributed by atoms with E-state index >= 15 is 0 Å². The summed E-state index contributed by atoms with van der Waals surface area (Å²) in [4.78, 5) is 26.6. The van der Waals surface area contributed by atoms with E-state index in [2.05, 4.69) is 0 Å². The number of carbonyl (C=O) groups excluding carboxylic acids is 2. The number of rotatable bonds is 4. The fraction of sp³-hybridized carbons (Fsp3) is 0.500. The molecule has 3 rings (SSSR count). The Morgan fingerprint density at radius 1 is 1.04 bits per heavy atom. The Labute approximate surface area is 152 Å². The van der Waals surface area contributed by atoms with Gasteiger partial charge < -0.3 is 9.80 Å². The van der Waals surface area contributed by atoms with E-state index in [1.807, 2.05) is 0 Å². The van der Waals surface area contributed by atoms with Crippen LogP contribution in [0.4, 0.5) is 0 Å². The van der Waals surface area contributed by atoms with Gasteiger partial charge in [0.05, 0.1) is 5.02 Å². The Morgan fingerprint density at radius 2 is 1.68 bits per heavy atom. The van der Waals surface area contributed by atoms with Crippen LogP contribution in [0.15, 0.2) is 23.1 Å². The Kier molecular flexibility index (Phi) is 5.31. The van der Waals surface area contributed by atoms with E-state index in [-0.39, 0.29) is 15.8 Å². The quantitative estimate of drug-likeness (QED) is 0.725. The molecule has 0 spiro atoms. The molecule has 2 heterocycles. The molecule has 2 aliphatic heterocycles. The molecule has 2 saturated heterocycles. The first kappa shape index (κ1) is 18.2. The minimum Gasteiger partial charge on any atom is -0.342 e. The van der Waals surface area contributed by atoms with Gasteiger partial charge in [0, 0.05) is 44.8 Å². The zero-order valence-electron chi connectivity index (χ0n) is 13.7. The van der Waals surface area contributed by atoms with Crippen molar-refractivity contribution in [2.75, 3.05) is 39.3 Å². The van der Waals surface area contributed by atoms with Crippen LogP contribution >= 0.6 is 11.6 Å². The van der Waals surface area contributed by atoms with Gasteiger partial charge in [0.1, 0.15) is 4.90 Å². The summed E-state index contributed by atoms with van der Waals surface area (Å²) < 4.78 is 26.9. The minimum atomic E-state index is -3.69. The molecule has 2 aliphatic rings. The lowest BCUT2D eigenvalue weighted by Crippen LogP contribution is -2.48. The van der Waals surface area contributed by atoms with E-state index in [1.165, 1.54) is 16.4 Å². The number of carbonyl (C=O) groups is 2. The van der Waals surface area contributed by atoms with Gasteiger partial charge in [-0.25, -0.2) is 8.42 Å². The van der Waals surface area contributed by atoms with E-state index in [0.717, 1.165) is 19.3 Å². The maximum Gasteiger partial charge on any atom is 0.254 e. The van der Waals surface area contributed by atoms with E-state index in [4.69, 9.17) is 11.6 Å². The molecule has 0 radical (unpaired) electrons. The summed E-state index contributed by atoms with van der Waals surface area (Å²) >= 11 is 6.11. The molecule has 0 N–H and O–H groups in total. The third-order valence-electron chi connectivity index (χ3n) is 4.61. The van der Waals surface area contributed by atoms with Crippen molar-refractivity contribution in [3.05, 3.63) is 28.8 Å². The molecular weight excluding hydrogens is 366 g/mol. The van der Waals surface area contributed by atoms with Crippen molar-refractivity contribution in [1.82, 2.24) is 14.1 Å². The number of benzene rings is 1. The summed E-state index contributed by atoms with van der Waals surface area (Å²) in [5.41, 5.74) is 0.293. The van der Waals surface area contributed by atoms with Gasteiger partial charge in [0.2, 0.25) is 16.4 Å². The van der Waals surface area contributed by atoms with Crippen molar-refractivity contribution in [1.29, 1.82) is 0 Å². The van der Waals surface area contributed by atoms with Crippen molar-refractivity contribution in [2.24, 2.45) is 0 Å². The average molecular weight is 386 g/mol. The van der Waals surface area contributed by atoms with Crippen LogP contribution in [-0.4, -0.2) is 74.1 Å². The molecule has 0 saturated carbocycles. The van der Waals surface area contributed by atoms with E-state index in [9.17, 15) is 18.0 Å². The molecular formula is C16H20ClN3O4S. The number of amides is 2. The van der Waals surface area contributed by atoms with Gasteiger partial charge in [-0.15, -0.1) is 0 Å². The maximum absolute atomic E-state index is 12.8. The van der Waals surface area contributed by atoms with Crippen molar-refractivity contribution in [3.63, 3.8) is 0 Å². The average Bonchev–Trinajstić information content (AvgIpc) is 3.17. The fourth-order valence-electron chi connectivity index (χ4n) is 3.11. The Bertz CT molecular complexity index is 770. The summed E-state index contributed by atoms with van der Waals surface area (Å²) in [6.07, 6.45) is 2.43. The molecule has 0 aliphatic carbocycles. The molecule has 0 atom stereocenters. The summed E-state index contributed by atoms with van der Waals surface area (Å²) in [5.74, 6) is -0.250. The summed E-state index contributed by atoms with van der Waals surface area (Å²) in [6, 6.07) is 4.36. The fourth-order valence-corrected chi connectivity index (χ4v) is 5.13. The Balaban J connectivity index is 1.84. The molecule has 2 fully saturated rings. The zero-order chi connectivity index (χ0) is 18.0. The molecule has 2 amide bonds. The first-order chi connectivity index (χ1) is 11.9. The van der Waals surface area contributed by atoms with Crippen LogP contribution in [0.5, 0.6) is 0 Å². The van der Waals surface area contributed by atoms with Gasteiger partial charge in [-0.3, -0.25) is 9.59 Å². The topological polar surface area (TPSA) is 78.0 Å². The second-order valence-corrected chi connectivity index (χ2v) is 8.50. The monoisotopic (exact) mass is 385 g/mol. The van der Waals surface area contributed by atoms with Crippen LogP contribution in [0.1, 0.15) is 23.2 Å². The largest absolute Gasteiger partial charge is 0.342 e. The molecule has 0 unspecified atom stereocenters. The second kappa shape index (κ2) is 7.31. The lowest BCUT2D eigenvalue weighted by molar-refractivity contribution is -0.119. The van der Waals surface area contributed by atoms with Crippen molar-refractivity contribution < 1.29 is 18.0 Å². The van der Waals surface area contributed by atoms with Gasteiger partial charge in [0.15, 0.2) is 0 Å². The summed E-state index contributed by atoms with van der Waals surface area (Å²) in [5, 5.41) is 0.120. The SMILES string of the molecule is O=CN1CCN(C(=O)c2ccc(Cl)c(S(=O)(=O)N3CCCC3)c2)CC1. The Hall–Kier alpha value is -1.64. The molecule has 136 valence electrons. The normalized spacial score (nSPS) is 19.2. The molecule has 9 heteroatoms. The zero-order valence-corrected chi connectivity index (χ0v) is 15.3. The van der Waals surface area contributed by atoms with E-state index < -0.39 is 10.0 Å². The first-order valence-electron chi connectivity index (χ1n) is 8.22. The van der Waals surface area contributed by atoms with Crippen molar-refractivity contribution in [3.8, 4) is 0 Å². The predicted octanol–water partition coefficient (Wildman–Crippen LogP) is 1.04. The standard InChI is InChI=1S/C16H20ClN3O4S/c17-14-4-3-13(16(22)19-9-7-18(12-21)8-10-19)11-15(14)25(23,24)20-5-1-2-6-20/h3-4,11-12H,1-2,5-10H2. The summed E-state index contributed by atoms with van der Waals surface area (Å²) in [7, 11) is -3.69. The van der Waals surface area contributed by atoms with Gasteiger partial charge in [-0.2, -0.15) is 4.31 Å². The highest BCUT2D eigenvalue weighted by atomic mass is 35.5. The highest BCUT2D eigenvalue weighted by molar-refractivity contribution is 7.89. The maximum atomic E-state index is 12.8. The lowest BCUT2D eigenvalue weighted by atomic mass is 10.2. The first-order valence-corrected chi connectivity index (χ1v) is 10.0. The minimum absolute atomic E-state index is 0.0200. The van der Waals surface area contributed by atoms with Gasteiger partial charge >= 0.3 is 0 Å². The third kappa shape index (κ3) is 3.65. The van der Waals surface area contributed by atoms with Crippen LogP contribution in [-0.2, 0) is 14.8 Å².